The third-order valence-electron chi connectivity index (χ3n) is 5.52. The van der Waals surface area contributed by atoms with Gasteiger partial charge in [0.1, 0.15) is 16.5 Å². The summed E-state index contributed by atoms with van der Waals surface area (Å²) in [5.74, 6) is 0.714. The minimum absolute atomic E-state index is 0.0187. The van der Waals surface area contributed by atoms with Crippen LogP contribution in [0, 0.1) is 0 Å². The first-order valence-corrected chi connectivity index (χ1v) is 11.2. The van der Waals surface area contributed by atoms with E-state index < -0.39 is 0 Å². The van der Waals surface area contributed by atoms with Gasteiger partial charge in [0.2, 0.25) is 0 Å². The van der Waals surface area contributed by atoms with Gasteiger partial charge in [-0.2, -0.15) is 0 Å². The highest BCUT2D eigenvalue weighted by atomic mass is 32.1. The SMILES string of the molecule is CCc1ccc(C(=O)N2CCN(C(=O)c3csc(-c4ccc(OC)cc4)n3)CC2)cc1. The van der Waals surface area contributed by atoms with Crippen molar-refractivity contribution >= 4 is 23.2 Å². The van der Waals surface area contributed by atoms with Crippen LogP contribution in [0.2, 0.25) is 0 Å². The van der Waals surface area contributed by atoms with E-state index >= 15 is 0 Å². The van der Waals surface area contributed by atoms with Gasteiger partial charge in [-0.25, -0.2) is 4.98 Å². The molecule has 0 N–H and O–H groups in total. The minimum atomic E-state index is -0.0876. The Kier molecular flexibility index (Phi) is 6.32. The molecule has 2 aromatic carbocycles. The van der Waals surface area contributed by atoms with Gasteiger partial charge in [-0.1, -0.05) is 19.1 Å². The molecule has 0 unspecified atom stereocenters. The van der Waals surface area contributed by atoms with Crippen LogP contribution in [0.5, 0.6) is 5.75 Å². The molecule has 2 amide bonds. The molecule has 0 saturated carbocycles. The van der Waals surface area contributed by atoms with Gasteiger partial charge >= 0.3 is 0 Å². The zero-order valence-corrected chi connectivity index (χ0v) is 18.5. The van der Waals surface area contributed by atoms with E-state index in [2.05, 4.69) is 11.9 Å². The number of hydrogen-bond donors (Lipinski definition) is 0. The van der Waals surface area contributed by atoms with E-state index in [4.69, 9.17) is 4.74 Å². The van der Waals surface area contributed by atoms with Crippen molar-refractivity contribution in [3.63, 3.8) is 0 Å². The Balaban J connectivity index is 1.36. The predicted octanol–water partition coefficient (Wildman–Crippen LogP) is 3.98. The number of ether oxygens (including phenoxy) is 1. The first-order valence-electron chi connectivity index (χ1n) is 10.4. The Labute approximate surface area is 186 Å². The smallest absolute Gasteiger partial charge is 0.273 e. The average Bonchev–Trinajstić information content (AvgIpc) is 3.34. The van der Waals surface area contributed by atoms with Gasteiger partial charge in [0, 0.05) is 42.7 Å². The van der Waals surface area contributed by atoms with E-state index in [-0.39, 0.29) is 11.8 Å². The minimum Gasteiger partial charge on any atom is -0.497 e. The lowest BCUT2D eigenvalue weighted by atomic mass is 10.1. The molecule has 0 aliphatic carbocycles. The Morgan fingerprint density at radius 1 is 0.935 bits per heavy atom. The molecule has 0 atom stereocenters. The monoisotopic (exact) mass is 435 g/mol. The molecule has 7 heteroatoms. The molecule has 0 bridgehead atoms. The molecule has 1 fully saturated rings. The quantitative estimate of drug-likeness (QED) is 0.608. The van der Waals surface area contributed by atoms with Crippen LogP contribution < -0.4 is 4.74 Å². The summed E-state index contributed by atoms with van der Waals surface area (Å²) in [5, 5.41) is 2.60. The lowest BCUT2D eigenvalue weighted by Crippen LogP contribution is -2.50. The number of nitrogens with zero attached hydrogens (tertiary/aromatic N) is 3. The lowest BCUT2D eigenvalue weighted by molar-refractivity contribution is 0.0533. The van der Waals surface area contributed by atoms with Crippen LogP contribution in [0.4, 0.5) is 0 Å². The number of aromatic nitrogens is 1. The van der Waals surface area contributed by atoms with Gasteiger partial charge < -0.3 is 14.5 Å². The van der Waals surface area contributed by atoms with Crippen LogP contribution in [0.25, 0.3) is 10.6 Å². The molecule has 1 aromatic heterocycles. The van der Waals surface area contributed by atoms with Crippen molar-refractivity contribution in [3.8, 4) is 16.3 Å². The highest BCUT2D eigenvalue weighted by Gasteiger charge is 2.26. The Hall–Kier alpha value is -3.19. The van der Waals surface area contributed by atoms with Crippen LogP contribution >= 0.6 is 11.3 Å². The first kappa shape index (κ1) is 21.1. The van der Waals surface area contributed by atoms with Crippen LogP contribution in [-0.4, -0.2) is 59.9 Å². The lowest BCUT2D eigenvalue weighted by Gasteiger charge is -2.34. The van der Waals surface area contributed by atoms with E-state index in [0.717, 1.165) is 22.7 Å². The van der Waals surface area contributed by atoms with E-state index in [0.29, 0.717) is 37.4 Å². The molecule has 0 radical (unpaired) electrons. The second-order valence-electron chi connectivity index (χ2n) is 7.40. The average molecular weight is 436 g/mol. The molecule has 1 aliphatic heterocycles. The third-order valence-corrected chi connectivity index (χ3v) is 6.41. The third kappa shape index (κ3) is 4.61. The van der Waals surface area contributed by atoms with Crippen LogP contribution in [0.3, 0.4) is 0 Å². The Morgan fingerprint density at radius 3 is 2.13 bits per heavy atom. The maximum atomic E-state index is 12.9. The van der Waals surface area contributed by atoms with E-state index in [1.54, 1.807) is 17.4 Å². The highest BCUT2D eigenvalue weighted by molar-refractivity contribution is 7.13. The van der Waals surface area contributed by atoms with Crippen molar-refractivity contribution in [2.75, 3.05) is 33.3 Å². The van der Waals surface area contributed by atoms with Gasteiger partial charge in [-0.3, -0.25) is 9.59 Å². The van der Waals surface area contributed by atoms with Crippen LogP contribution in [0.15, 0.2) is 53.9 Å². The van der Waals surface area contributed by atoms with Crippen LogP contribution in [-0.2, 0) is 6.42 Å². The fourth-order valence-corrected chi connectivity index (χ4v) is 4.38. The van der Waals surface area contributed by atoms with Crippen molar-refractivity contribution in [2.45, 2.75) is 13.3 Å². The zero-order valence-electron chi connectivity index (χ0n) is 17.7. The number of carbonyl (C=O) groups excluding carboxylic acids is 2. The van der Waals surface area contributed by atoms with Gasteiger partial charge in [0.05, 0.1) is 7.11 Å². The molecule has 4 rings (SSSR count). The van der Waals surface area contributed by atoms with Crippen molar-refractivity contribution in [1.29, 1.82) is 0 Å². The summed E-state index contributed by atoms with van der Waals surface area (Å²) in [4.78, 5) is 33.8. The first-order chi connectivity index (χ1) is 15.1. The maximum absolute atomic E-state index is 12.9. The van der Waals surface area contributed by atoms with Crippen molar-refractivity contribution in [1.82, 2.24) is 14.8 Å². The number of rotatable bonds is 5. The molecular weight excluding hydrogens is 410 g/mol. The molecule has 1 saturated heterocycles. The van der Waals surface area contributed by atoms with E-state index in [1.165, 1.54) is 16.9 Å². The molecular formula is C24H25N3O3S. The molecule has 6 nitrogen and oxygen atoms in total. The Bertz CT molecular complexity index is 1050. The van der Waals surface area contributed by atoms with Gasteiger partial charge in [0.25, 0.3) is 11.8 Å². The number of methoxy groups -OCH3 is 1. The van der Waals surface area contributed by atoms with Gasteiger partial charge in [-0.15, -0.1) is 11.3 Å². The fourth-order valence-electron chi connectivity index (χ4n) is 3.58. The second-order valence-corrected chi connectivity index (χ2v) is 8.26. The summed E-state index contributed by atoms with van der Waals surface area (Å²) in [6.45, 7) is 4.15. The predicted molar refractivity (Wildman–Crippen MR) is 122 cm³/mol. The van der Waals surface area contributed by atoms with Crippen molar-refractivity contribution < 1.29 is 14.3 Å². The van der Waals surface area contributed by atoms with Gasteiger partial charge in [-0.05, 0) is 48.4 Å². The Morgan fingerprint density at radius 2 is 1.55 bits per heavy atom. The van der Waals surface area contributed by atoms with E-state index in [1.807, 2.05) is 53.4 Å². The van der Waals surface area contributed by atoms with Gasteiger partial charge in [0.15, 0.2) is 0 Å². The molecule has 2 heterocycles. The second kappa shape index (κ2) is 9.31. The number of hydrogen-bond acceptors (Lipinski definition) is 5. The summed E-state index contributed by atoms with van der Waals surface area (Å²) in [6, 6.07) is 15.4. The molecule has 0 spiro atoms. The topological polar surface area (TPSA) is 62.7 Å². The van der Waals surface area contributed by atoms with Crippen molar-refractivity contribution in [2.24, 2.45) is 0 Å². The standard InChI is InChI=1S/C24H25N3O3S/c1-3-17-4-6-19(7-5-17)23(28)26-12-14-27(15-13-26)24(29)21-16-31-22(25-21)18-8-10-20(30-2)11-9-18/h4-11,16H,3,12-15H2,1-2H3. The normalized spacial score (nSPS) is 13.9. The summed E-state index contributed by atoms with van der Waals surface area (Å²) < 4.78 is 5.19. The molecule has 1 aliphatic rings. The summed E-state index contributed by atoms with van der Waals surface area (Å²) in [7, 11) is 1.63. The number of thiazole rings is 1. The summed E-state index contributed by atoms with van der Waals surface area (Å²) >= 11 is 1.45. The van der Waals surface area contributed by atoms with Crippen LogP contribution in [0.1, 0.15) is 33.3 Å². The fraction of sp³-hybridized carbons (Fsp3) is 0.292. The van der Waals surface area contributed by atoms with Crippen molar-refractivity contribution in [3.05, 3.63) is 70.7 Å². The molecule has 160 valence electrons. The number of amides is 2. The molecule has 31 heavy (non-hydrogen) atoms. The largest absolute Gasteiger partial charge is 0.497 e. The summed E-state index contributed by atoms with van der Waals surface area (Å²) in [6.07, 6.45) is 0.950. The number of carbonyl (C=O) groups is 2. The number of piperazine rings is 1. The molecule has 3 aromatic rings. The number of benzene rings is 2. The number of aryl methyl sites for hydroxylation is 1. The maximum Gasteiger partial charge on any atom is 0.273 e. The highest BCUT2D eigenvalue weighted by Crippen LogP contribution is 2.26. The summed E-state index contributed by atoms with van der Waals surface area (Å²) in [5.41, 5.74) is 3.31. The zero-order chi connectivity index (χ0) is 21.8. The van der Waals surface area contributed by atoms with E-state index in [9.17, 15) is 9.59 Å².